The molecule has 33 heavy (non-hydrogen) atoms. The average molecular weight is 491 g/mol. The number of aliphatic hydroxyl groups excluding tert-OH is 1. The maximum absolute atomic E-state index is 13.1. The maximum Gasteiger partial charge on any atom is 0.295 e. The van der Waals surface area contributed by atoms with Crippen LogP contribution in [0.5, 0.6) is 0 Å². The first-order valence-corrected chi connectivity index (χ1v) is 12.2. The van der Waals surface area contributed by atoms with E-state index in [0.29, 0.717) is 15.3 Å². The number of benzene rings is 3. The molecule has 0 saturated carbocycles. The first-order valence-electron chi connectivity index (χ1n) is 9.31. The highest BCUT2D eigenvalue weighted by Gasteiger charge is 2.26. The van der Waals surface area contributed by atoms with E-state index in [1.807, 2.05) is 0 Å². The van der Waals surface area contributed by atoms with Crippen molar-refractivity contribution in [2.45, 2.75) is 16.3 Å². The quantitative estimate of drug-likeness (QED) is 0.188. The molecule has 13 heteroatoms. The second-order valence-corrected chi connectivity index (χ2v) is 10.2. The lowest BCUT2D eigenvalue weighted by Gasteiger charge is -2.15. The minimum Gasteiger partial charge on any atom is -0.456 e. The second kappa shape index (κ2) is 6.82. The third-order valence-electron chi connectivity index (χ3n) is 5.51. The molecule has 5 aromatic rings. The molecule has 2 aromatic heterocycles. The summed E-state index contributed by atoms with van der Waals surface area (Å²) in [6, 6.07) is 7.34. The van der Waals surface area contributed by atoms with Crippen LogP contribution in [0.4, 0.5) is 0 Å². The van der Waals surface area contributed by atoms with Crippen molar-refractivity contribution in [1.29, 1.82) is 0 Å². The van der Waals surface area contributed by atoms with Gasteiger partial charge in [-0.1, -0.05) is 6.07 Å². The van der Waals surface area contributed by atoms with Crippen LogP contribution in [0.15, 0.2) is 60.2 Å². The highest BCUT2D eigenvalue weighted by atomic mass is 32.2. The number of fused-ring (bicyclic) bond motifs is 2. The molecule has 0 atom stereocenters. The number of hydrogen-bond donors (Lipinski definition) is 3. The summed E-state index contributed by atoms with van der Waals surface area (Å²) in [4.78, 5) is 24.8. The summed E-state index contributed by atoms with van der Waals surface area (Å²) in [6.07, 6.45) is 0. The molecule has 3 N–H and O–H groups in total. The van der Waals surface area contributed by atoms with E-state index in [0.717, 1.165) is 18.2 Å². The van der Waals surface area contributed by atoms with Crippen LogP contribution in [0.3, 0.4) is 0 Å². The van der Waals surface area contributed by atoms with Gasteiger partial charge in [-0.2, -0.15) is 16.8 Å². The van der Waals surface area contributed by atoms with Crippen molar-refractivity contribution >= 4 is 63.7 Å². The predicted octanol–water partition coefficient (Wildman–Crippen LogP) is 1.34. The molecule has 0 aliphatic rings. The summed E-state index contributed by atoms with van der Waals surface area (Å²) in [6.45, 7) is -0.940. The topological polar surface area (TPSA) is 181 Å². The van der Waals surface area contributed by atoms with Crippen molar-refractivity contribution in [1.82, 2.24) is 4.57 Å². The lowest BCUT2D eigenvalue weighted by molar-refractivity contribution is 0.273. The van der Waals surface area contributed by atoms with Gasteiger partial charge in [0.25, 0.3) is 31.4 Å². The summed E-state index contributed by atoms with van der Waals surface area (Å²) < 4.78 is 72.9. The monoisotopic (exact) mass is 491 g/mol. The highest BCUT2D eigenvalue weighted by molar-refractivity contribution is 7.86. The van der Waals surface area contributed by atoms with Gasteiger partial charge in [-0.05, 0) is 23.6 Å². The first-order chi connectivity index (χ1) is 15.4. The van der Waals surface area contributed by atoms with Crippen molar-refractivity contribution in [3.05, 3.63) is 57.1 Å². The van der Waals surface area contributed by atoms with E-state index in [4.69, 9.17) is 4.42 Å². The summed E-state index contributed by atoms with van der Waals surface area (Å²) in [5.74, 6) is 0. The molecule has 2 heterocycles. The maximum atomic E-state index is 13.1. The lowest BCUT2D eigenvalue weighted by atomic mass is 9.96. The van der Waals surface area contributed by atoms with Gasteiger partial charge in [0, 0.05) is 33.7 Å². The smallest absolute Gasteiger partial charge is 0.295 e. The molecular formula is C20H13NO10S2. The number of pyridine rings is 1. The Hall–Kier alpha value is -3.36. The zero-order valence-electron chi connectivity index (χ0n) is 16.3. The van der Waals surface area contributed by atoms with E-state index < -0.39 is 53.1 Å². The number of aliphatic hydroxyl groups is 1. The lowest BCUT2D eigenvalue weighted by Crippen LogP contribution is -2.35. The van der Waals surface area contributed by atoms with E-state index in [1.54, 1.807) is 0 Å². The fourth-order valence-electron chi connectivity index (χ4n) is 4.17. The van der Waals surface area contributed by atoms with Crippen LogP contribution in [0.25, 0.3) is 43.5 Å². The van der Waals surface area contributed by atoms with Crippen molar-refractivity contribution in [2.24, 2.45) is 0 Å². The summed E-state index contributed by atoms with van der Waals surface area (Å²) in [5.41, 5.74) is -1.95. The minimum atomic E-state index is -4.98. The van der Waals surface area contributed by atoms with E-state index in [9.17, 15) is 40.6 Å². The van der Waals surface area contributed by atoms with E-state index in [-0.39, 0.29) is 33.9 Å². The van der Waals surface area contributed by atoms with Crippen LogP contribution >= 0.6 is 0 Å². The fourth-order valence-corrected chi connectivity index (χ4v) is 5.37. The molecule has 3 aromatic carbocycles. The van der Waals surface area contributed by atoms with Crippen LogP contribution in [-0.4, -0.2) is 42.2 Å². The number of nitrogens with zero attached hydrogens (tertiary/aromatic N) is 1. The Bertz CT molecular complexity index is 1970. The second-order valence-electron chi connectivity index (χ2n) is 7.35. The fraction of sp³-hybridized carbons (Fsp3) is 0.100. The Balaban J connectivity index is 2.12. The number of hydrogen-bond acceptors (Lipinski definition) is 8. The highest BCUT2D eigenvalue weighted by Crippen LogP contribution is 2.39. The van der Waals surface area contributed by atoms with E-state index in [2.05, 4.69) is 0 Å². The van der Waals surface area contributed by atoms with Gasteiger partial charge < -0.3 is 9.52 Å². The van der Waals surface area contributed by atoms with Crippen LogP contribution in [-0.2, 0) is 26.8 Å². The molecule has 0 aliphatic heterocycles. The Labute approximate surface area is 183 Å². The molecule has 0 fully saturated rings. The third kappa shape index (κ3) is 3.05. The molecule has 11 nitrogen and oxygen atoms in total. The minimum absolute atomic E-state index is 0.0302. The third-order valence-corrected chi connectivity index (χ3v) is 7.23. The largest absolute Gasteiger partial charge is 0.456 e. The van der Waals surface area contributed by atoms with Gasteiger partial charge in [0.1, 0.15) is 16.1 Å². The van der Waals surface area contributed by atoms with Crippen molar-refractivity contribution in [3.8, 4) is 0 Å². The Kier molecular flexibility index (Phi) is 4.44. The molecule has 0 saturated heterocycles. The van der Waals surface area contributed by atoms with Gasteiger partial charge >= 0.3 is 0 Å². The molecule has 0 amide bonds. The average Bonchev–Trinajstić information content (AvgIpc) is 2.74. The summed E-state index contributed by atoms with van der Waals surface area (Å²) >= 11 is 0. The Morgan fingerprint density at radius 1 is 0.758 bits per heavy atom. The van der Waals surface area contributed by atoms with Crippen LogP contribution < -0.4 is 11.1 Å². The predicted molar refractivity (Wildman–Crippen MR) is 117 cm³/mol. The first kappa shape index (κ1) is 21.5. The van der Waals surface area contributed by atoms with Crippen molar-refractivity contribution in [2.75, 3.05) is 6.61 Å². The SMILES string of the molecule is O=c1c2ccc3c4ccc(S(=O)(=O)O)cc4oc4cc(S(=O)(=O)O)c(c(=O)n1CCO)c2c43. The number of rotatable bonds is 4. The Morgan fingerprint density at radius 2 is 1.42 bits per heavy atom. The molecular weight excluding hydrogens is 478 g/mol. The summed E-state index contributed by atoms with van der Waals surface area (Å²) in [7, 11) is -9.54. The van der Waals surface area contributed by atoms with Gasteiger partial charge in [-0.25, -0.2) is 0 Å². The molecule has 0 bridgehead atoms. The molecule has 0 aliphatic carbocycles. The molecule has 0 spiro atoms. The molecule has 170 valence electrons. The normalized spacial score (nSPS) is 13.1. The van der Waals surface area contributed by atoms with Crippen LogP contribution in [0, 0.1) is 0 Å². The standard InChI is InChI=1S/C20H13NO10S2/c22-6-5-21-19(23)12-4-3-11-10-2-1-9(32(25,26)27)7-13(10)31-14-8-15(33(28,29)30)18(20(21)24)17(12)16(11)14/h1-4,7-8,22H,5-6H2,(H,25,26,27)(H,28,29,30). The van der Waals surface area contributed by atoms with Gasteiger partial charge in [-0.3, -0.25) is 23.3 Å². The van der Waals surface area contributed by atoms with Gasteiger partial charge in [0.2, 0.25) is 0 Å². The zero-order valence-corrected chi connectivity index (χ0v) is 18.0. The van der Waals surface area contributed by atoms with Gasteiger partial charge in [0.15, 0.2) is 0 Å². The van der Waals surface area contributed by atoms with Gasteiger partial charge in [-0.15, -0.1) is 0 Å². The number of aromatic nitrogens is 1. The van der Waals surface area contributed by atoms with Crippen LogP contribution in [0.1, 0.15) is 0 Å². The molecule has 0 unspecified atom stereocenters. The van der Waals surface area contributed by atoms with E-state index >= 15 is 0 Å². The molecule has 5 rings (SSSR count). The van der Waals surface area contributed by atoms with Gasteiger partial charge in [0.05, 0.1) is 23.4 Å². The summed E-state index contributed by atoms with van der Waals surface area (Å²) in [5, 5.41) is 9.72. The Morgan fingerprint density at radius 3 is 2.06 bits per heavy atom. The molecule has 0 radical (unpaired) electrons. The van der Waals surface area contributed by atoms with Crippen LogP contribution in [0.2, 0.25) is 0 Å². The van der Waals surface area contributed by atoms with Crippen molar-refractivity contribution in [3.63, 3.8) is 0 Å². The van der Waals surface area contributed by atoms with Crippen molar-refractivity contribution < 1.29 is 35.5 Å². The zero-order chi connectivity index (χ0) is 23.9. The van der Waals surface area contributed by atoms with E-state index in [1.165, 1.54) is 18.2 Å².